The molecule has 0 amide bonds. The van der Waals surface area contributed by atoms with Crippen LogP contribution >= 0.6 is 11.3 Å². The van der Waals surface area contributed by atoms with Crippen molar-refractivity contribution in [1.82, 2.24) is 15.0 Å². The summed E-state index contributed by atoms with van der Waals surface area (Å²) < 4.78 is 50.6. The van der Waals surface area contributed by atoms with Crippen molar-refractivity contribution in [2.24, 2.45) is 11.3 Å². The molecular formula is C28H27F3N6OS. The van der Waals surface area contributed by atoms with E-state index >= 15 is 4.39 Å². The maximum Gasteiger partial charge on any atom is 0.226 e. The van der Waals surface area contributed by atoms with Crippen LogP contribution in [0.3, 0.4) is 0 Å². The van der Waals surface area contributed by atoms with Gasteiger partial charge in [0.05, 0.1) is 42.0 Å². The van der Waals surface area contributed by atoms with Gasteiger partial charge in [-0.15, -0.1) is 11.3 Å². The van der Waals surface area contributed by atoms with Crippen LogP contribution in [0.4, 0.5) is 24.1 Å². The molecule has 5 heterocycles. The zero-order valence-corrected chi connectivity index (χ0v) is 22.6. The number of hydrogen-bond acceptors (Lipinski definition) is 8. The minimum Gasteiger partial charge on any atom is -0.389 e. The molecule has 2 atom stereocenters. The van der Waals surface area contributed by atoms with Crippen molar-refractivity contribution in [1.29, 1.82) is 5.26 Å². The van der Waals surface area contributed by atoms with E-state index in [2.05, 4.69) is 21.9 Å². The van der Waals surface area contributed by atoms with E-state index in [0.717, 1.165) is 35.9 Å². The topological polar surface area (TPSA) is 101 Å². The van der Waals surface area contributed by atoms with Crippen LogP contribution in [0.2, 0.25) is 0 Å². The summed E-state index contributed by atoms with van der Waals surface area (Å²) in [6.07, 6.45) is 4.25. The van der Waals surface area contributed by atoms with Gasteiger partial charge < -0.3 is 15.4 Å². The number of pyridine rings is 1. The number of fused-ring (bicyclic) bond motifs is 4. The number of nitrogen functional groups attached to an aromatic ring is 1. The van der Waals surface area contributed by atoms with E-state index in [1.54, 1.807) is 6.20 Å². The first-order valence-corrected chi connectivity index (χ1v) is 13.6. The van der Waals surface area contributed by atoms with Gasteiger partial charge in [-0.2, -0.15) is 5.26 Å². The van der Waals surface area contributed by atoms with Crippen molar-refractivity contribution >= 4 is 43.3 Å². The Morgan fingerprint density at radius 1 is 1.23 bits per heavy atom. The van der Waals surface area contributed by atoms with Gasteiger partial charge in [-0.1, -0.05) is 13.8 Å². The average molecular weight is 553 g/mol. The predicted octanol–water partition coefficient (Wildman–Crippen LogP) is 6.27. The fraction of sp³-hybridized carbons (Fsp3) is 0.429. The summed E-state index contributed by atoms with van der Waals surface area (Å²) in [5.41, 5.74) is 7.38. The molecule has 1 saturated heterocycles. The molecular weight excluding hydrogens is 525 g/mol. The monoisotopic (exact) mass is 552 g/mol. The highest BCUT2D eigenvalue weighted by molar-refractivity contribution is 7.23. The smallest absolute Gasteiger partial charge is 0.226 e. The molecule has 2 aliphatic rings. The zero-order chi connectivity index (χ0) is 27.6. The summed E-state index contributed by atoms with van der Waals surface area (Å²) in [6.45, 7) is 6.59. The molecule has 0 bridgehead atoms. The Morgan fingerprint density at radius 2 is 2.00 bits per heavy atom. The lowest BCUT2D eigenvalue weighted by molar-refractivity contribution is 0.135. The molecule has 6 rings (SSSR count). The molecule has 0 spiro atoms. The number of anilines is 2. The third kappa shape index (κ3) is 4.00. The van der Waals surface area contributed by atoms with Crippen molar-refractivity contribution < 1.29 is 17.9 Å². The summed E-state index contributed by atoms with van der Waals surface area (Å²) >= 11 is 0.937. The molecule has 2 N–H and O–H groups in total. The van der Waals surface area contributed by atoms with Crippen LogP contribution in [-0.2, 0) is 18.0 Å². The number of nitrogens with two attached hydrogens (primary N) is 1. The van der Waals surface area contributed by atoms with Gasteiger partial charge in [0, 0.05) is 35.1 Å². The van der Waals surface area contributed by atoms with E-state index in [1.165, 1.54) is 0 Å². The molecule has 11 heteroatoms. The Hall–Kier alpha value is -3.49. The second kappa shape index (κ2) is 9.31. The maximum absolute atomic E-state index is 16.5. The van der Waals surface area contributed by atoms with Gasteiger partial charge in [0.1, 0.15) is 16.6 Å². The molecule has 1 aromatic carbocycles. The van der Waals surface area contributed by atoms with E-state index < -0.39 is 23.7 Å². The first-order valence-electron chi connectivity index (χ1n) is 12.8. The third-order valence-electron chi connectivity index (χ3n) is 8.08. The average Bonchev–Trinajstić information content (AvgIpc) is 3.63. The molecule has 1 fully saturated rings. The normalized spacial score (nSPS) is 19.3. The lowest BCUT2D eigenvalue weighted by Crippen LogP contribution is -2.33. The lowest BCUT2D eigenvalue weighted by Gasteiger charge is -2.29. The second-order valence-corrected chi connectivity index (χ2v) is 12.2. The van der Waals surface area contributed by atoms with Crippen LogP contribution in [0.5, 0.6) is 0 Å². The number of nitrogens with zero attached hydrogens (tertiary/aromatic N) is 5. The zero-order valence-electron chi connectivity index (χ0n) is 21.8. The van der Waals surface area contributed by atoms with Crippen LogP contribution in [0.1, 0.15) is 50.3 Å². The Bertz CT molecular complexity index is 1680. The molecule has 202 valence electrons. The van der Waals surface area contributed by atoms with E-state index in [1.807, 2.05) is 24.8 Å². The highest BCUT2D eigenvalue weighted by atomic mass is 32.1. The SMILES string of the molecule is C[C@H]1[C@@H](CC(C)(C)CF)CCN1c1ncc2c3c(c(-c4ncc(F)c5sc(N)c(C#N)c45)c(F)c2n1)COC3. The fourth-order valence-corrected chi connectivity index (χ4v) is 6.92. The minimum atomic E-state index is -0.631. The van der Waals surface area contributed by atoms with Crippen LogP contribution in [0, 0.1) is 34.3 Å². The van der Waals surface area contributed by atoms with Crippen molar-refractivity contribution in [3.8, 4) is 17.3 Å². The molecule has 0 saturated carbocycles. The molecule has 3 aromatic heterocycles. The number of thiophene rings is 1. The number of nitriles is 1. The lowest BCUT2D eigenvalue weighted by atomic mass is 9.81. The molecule has 0 unspecified atom stereocenters. The highest BCUT2D eigenvalue weighted by Crippen LogP contribution is 2.45. The number of halogens is 3. The number of hydrogen-bond donors (Lipinski definition) is 1. The Kier molecular flexibility index (Phi) is 6.15. The first-order chi connectivity index (χ1) is 18.6. The number of ether oxygens (including phenoxy) is 1. The Labute approximate surface area is 227 Å². The van der Waals surface area contributed by atoms with Crippen LogP contribution in [0.25, 0.3) is 32.2 Å². The fourth-order valence-electron chi connectivity index (χ4n) is 6.00. The summed E-state index contributed by atoms with van der Waals surface area (Å²) in [7, 11) is 0. The Morgan fingerprint density at radius 3 is 2.74 bits per heavy atom. The number of rotatable bonds is 5. The molecule has 39 heavy (non-hydrogen) atoms. The number of benzene rings is 1. The molecule has 0 aliphatic carbocycles. The van der Waals surface area contributed by atoms with Crippen LogP contribution < -0.4 is 10.6 Å². The van der Waals surface area contributed by atoms with E-state index in [9.17, 15) is 14.0 Å². The first kappa shape index (κ1) is 25.8. The number of alkyl halides is 1. The quantitative estimate of drug-likeness (QED) is 0.311. The van der Waals surface area contributed by atoms with Crippen LogP contribution in [-0.4, -0.2) is 34.2 Å². The van der Waals surface area contributed by atoms with Gasteiger partial charge >= 0.3 is 0 Å². The summed E-state index contributed by atoms with van der Waals surface area (Å²) in [4.78, 5) is 15.6. The van der Waals surface area contributed by atoms with Crippen molar-refractivity contribution in [2.75, 3.05) is 23.9 Å². The van der Waals surface area contributed by atoms with Gasteiger partial charge in [0.15, 0.2) is 11.6 Å². The second-order valence-electron chi connectivity index (χ2n) is 11.2. The summed E-state index contributed by atoms with van der Waals surface area (Å²) in [6, 6.07) is 2.08. The standard InChI is InChI=1S/C28H27F3N6OS/c1-13-14(6-28(2,3)12-29)4-5-37(13)27-35-8-16-17-10-38-11-18(17)20(22(31)23(16)36-27)24-21-15(7-32)26(33)39-25(21)19(30)9-34-24/h8-9,13-14H,4-6,10-12,33H2,1-3H3/t13-,14+/m0/s1. The van der Waals surface area contributed by atoms with Gasteiger partial charge in [-0.25, -0.2) is 18.7 Å². The maximum atomic E-state index is 16.5. The third-order valence-corrected chi connectivity index (χ3v) is 9.11. The molecule has 0 radical (unpaired) electrons. The van der Waals surface area contributed by atoms with Crippen molar-refractivity contribution in [3.63, 3.8) is 0 Å². The molecule has 4 aromatic rings. The molecule has 2 aliphatic heterocycles. The Balaban J connectivity index is 1.52. The van der Waals surface area contributed by atoms with Crippen molar-refractivity contribution in [2.45, 2.75) is 52.9 Å². The van der Waals surface area contributed by atoms with Gasteiger partial charge in [-0.05, 0) is 42.2 Å². The van der Waals surface area contributed by atoms with Gasteiger partial charge in [-0.3, -0.25) is 9.37 Å². The van der Waals surface area contributed by atoms with Crippen LogP contribution in [0.15, 0.2) is 12.4 Å². The van der Waals surface area contributed by atoms with Gasteiger partial charge in [0.2, 0.25) is 5.95 Å². The van der Waals surface area contributed by atoms with E-state index in [-0.39, 0.29) is 62.6 Å². The van der Waals surface area contributed by atoms with E-state index in [0.29, 0.717) is 23.4 Å². The molecule has 7 nitrogen and oxygen atoms in total. The van der Waals surface area contributed by atoms with E-state index in [4.69, 9.17) is 10.5 Å². The highest BCUT2D eigenvalue weighted by Gasteiger charge is 2.37. The van der Waals surface area contributed by atoms with Gasteiger partial charge in [0.25, 0.3) is 0 Å². The summed E-state index contributed by atoms with van der Waals surface area (Å²) in [5, 5.41) is 10.6. The minimum absolute atomic E-state index is 0.0546. The largest absolute Gasteiger partial charge is 0.389 e. The van der Waals surface area contributed by atoms with Crippen molar-refractivity contribution in [3.05, 3.63) is 40.7 Å². The predicted molar refractivity (Wildman–Crippen MR) is 145 cm³/mol. The summed E-state index contributed by atoms with van der Waals surface area (Å²) in [5.74, 6) is -0.601. The number of aromatic nitrogens is 3.